The van der Waals surface area contributed by atoms with E-state index in [0.29, 0.717) is 6.04 Å². The number of nitrogens with zero attached hydrogens (tertiary/aromatic N) is 2. The number of rotatable bonds is 2. The summed E-state index contributed by atoms with van der Waals surface area (Å²) >= 11 is 1.84. The van der Waals surface area contributed by atoms with Crippen molar-refractivity contribution < 1.29 is 4.79 Å². The third kappa shape index (κ3) is 2.24. The van der Waals surface area contributed by atoms with E-state index in [1.165, 1.54) is 26.7 Å². The monoisotopic (exact) mass is 338 g/mol. The first kappa shape index (κ1) is 15.6. The lowest BCUT2D eigenvalue weighted by molar-refractivity contribution is -0.130. The fraction of sp³-hybridized carbons (Fsp3) is 0.350. The minimum atomic E-state index is 0.129. The molecule has 4 heteroatoms. The Balaban J connectivity index is 1.92. The highest BCUT2D eigenvalue weighted by molar-refractivity contribution is 7.99. The summed E-state index contributed by atoms with van der Waals surface area (Å²) in [6, 6.07) is 15.7. The van der Waals surface area contributed by atoms with Gasteiger partial charge in [0, 0.05) is 29.8 Å². The highest BCUT2D eigenvalue weighted by Crippen LogP contribution is 2.55. The van der Waals surface area contributed by atoms with Gasteiger partial charge < -0.3 is 9.80 Å². The third-order valence-corrected chi connectivity index (χ3v) is 6.39. The number of anilines is 2. The predicted octanol–water partition coefficient (Wildman–Crippen LogP) is 4.99. The second-order valence-corrected chi connectivity index (χ2v) is 7.66. The Bertz CT molecular complexity index is 804. The molecule has 0 saturated carbocycles. The van der Waals surface area contributed by atoms with E-state index in [9.17, 15) is 4.79 Å². The third-order valence-electron chi connectivity index (χ3n) is 5.27. The molecule has 0 bridgehead atoms. The maximum absolute atomic E-state index is 12.0. The maximum atomic E-state index is 12.0. The minimum absolute atomic E-state index is 0.129. The second kappa shape index (κ2) is 5.85. The topological polar surface area (TPSA) is 23.6 Å². The van der Waals surface area contributed by atoms with Crippen LogP contribution in [0.4, 0.5) is 11.4 Å². The number of hydrogen-bond acceptors (Lipinski definition) is 3. The van der Waals surface area contributed by atoms with E-state index in [2.05, 4.69) is 54.3 Å². The number of amides is 1. The van der Waals surface area contributed by atoms with Crippen molar-refractivity contribution in [1.82, 2.24) is 4.90 Å². The van der Waals surface area contributed by atoms with Gasteiger partial charge in [-0.3, -0.25) is 4.79 Å². The van der Waals surface area contributed by atoms with E-state index in [4.69, 9.17) is 0 Å². The Labute approximate surface area is 147 Å². The van der Waals surface area contributed by atoms with E-state index in [-0.39, 0.29) is 11.9 Å². The molecular formula is C20H22N2OS. The van der Waals surface area contributed by atoms with Crippen molar-refractivity contribution in [3.63, 3.8) is 0 Å². The first-order chi connectivity index (χ1) is 11.6. The van der Waals surface area contributed by atoms with E-state index < -0.39 is 0 Å². The molecule has 0 fully saturated rings. The number of para-hydroxylation sites is 2. The van der Waals surface area contributed by atoms with Crippen LogP contribution in [0.2, 0.25) is 0 Å². The van der Waals surface area contributed by atoms with Crippen LogP contribution >= 0.6 is 11.8 Å². The molecule has 4 rings (SSSR count). The predicted molar refractivity (Wildman–Crippen MR) is 99.0 cm³/mol. The minimum Gasteiger partial charge on any atom is -0.339 e. The molecule has 0 aromatic heterocycles. The van der Waals surface area contributed by atoms with Crippen molar-refractivity contribution in [2.45, 2.75) is 48.6 Å². The SMILES string of the molecule is CCC1CC(N(C)C(C)=O)c2cccc3c2N1c1ccccc1S3. The fourth-order valence-corrected chi connectivity index (χ4v) is 5.05. The molecule has 1 amide bonds. The van der Waals surface area contributed by atoms with Crippen LogP contribution in [0, 0.1) is 0 Å². The summed E-state index contributed by atoms with van der Waals surface area (Å²) in [6.07, 6.45) is 2.04. The molecule has 24 heavy (non-hydrogen) atoms. The second-order valence-electron chi connectivity index (χ2n) is 6.58. The Morgan fingerprint density at radius 2 is 1.96 bits per heavy atom. The van der Waals surface area contributed by atoms with Gasteiger partial charge in [0.1, 0.15) is 0 Å². The van der Waals surface area contributed by atoms with Gasteiger partial charge in [-0.2, -0.15) is 0 Å². The van der Waals surface area contributed by atoms with Gasteiger partial charge >= 0.3 is 0 Å². The zero-order chi connectivity index (χ0) is 16.8. The number of benzene rings is 2. The number of fused-ring (bicyclic) bond motifs is 2. The van der Waals surface area contributed by atoms with E-state index in [0.717, 1.165) is 12.8 Å². The zero-order valence-corrected chi connectivity index (χ0v) is 15.1. The summed E-state index contributed by atoms with van der Waals surface area (Å²) < 4.78 is 0. The lowest BCUT2D eigenvalue weighted by Gasteiger charge is -2.47. The van der Waals surface area contributed by atoms with Crippen LogP contribution in [0.5, 0.6) is 0 Å². The van der Waals surface area contributed by atoms with Crippen LogP contribution < -0.4 is 4.90 Å². The van der Waals surface area contributed by atoms with Crippen molar-refractivity contribution >= 4 is 29.0 Å². The highest BCUT2D eigenvalue weighted by atomic mass is 32.2. The van der Waals surface area contributed by atoms with Crippen LogP contribution in [0.25, 0.3) is 0 Å². The van der Waals surface area contributed by atoms with Gasteiger partial charge in [-0.15, -0.1) is 0 Å². The van der Waals surface area contributed by atoms with Crippen molar-refractivity contribution in [1.29, 1.82) is 0 Å². The normalized spacial score (nSPS) is 21.0. The van der Waals surface area contributed by atoms with Crippen molar-refractivity contribution in [2.75, 3.05) is 11.9 Å². The smallest absolute Gasteiger partial charge is 0.219 e. The fourth-order valence-electron chi connectivity index (χ4n) is 3.93. The molecule has 2 aromatic rings. The van der Waals surface area contributed by atoms with E-state index in [1.54, 1.807) is 6.92 Å². The van der Waals surface area contributed by atoms with Crippen LogP contribution in [-0.2, 0) is 4.79 Å². The molecule has 0 radical (unpaired) electrons. The molecule has 2 aliphatic rings. The Kier molecular flexibility index (Phi) is 3.80. The number of hydrogen-bond donors (Lipinski definition) is 0. The Hall–Kier alpha value is -1.94. The lowest BCUT2D eigenvalue weighted by atomic mass is 9.88. The molecule has 2 aromatic carbocycles. The van der Waals surface area contributed by atoms with Crippen LogP contribution in [0.1, 0.15) is 38.3 Å². The summed E-state index contributed by atoms with van der Waals surface area (Å²) in [7, 11) is 1.93. The Morgan fingerprint density at radius 1 is 1.21 bits per heavy atom. The molecule has 0 N–H and O–H groups in total. The van der Waals surface area contributed by atoms with Gasteiger partial charge in [-0.1, -0.05) is 43.0 Å². The van der Waals surface area contributed by atoms with E-state index >= 15 is 0 Å². The summed E-state index contributed by atoms with van der Waals surface area (Å²) in [6.45, 7) is 3.90. The molecule has 124 valence electrons. The van der Waals surface area contributed by atoms with Crippen LogP contribution in [0.3, 0.4) is 0 Å². The summed E-state index contributed by atoms with van der Waals surface area (Å²) in [5.74, 6) is 0.129. The van der Waals surface area contributed by atoms with E-state index in [1.807, 2.05) is 23.7 Å². The molecule has 2 aliphatic heterocycles. The number of carbonyl (C=O) groups excluding carboxylic acids is 1. The quantitative estimate of drug-likeness (QED) is 0.770. The van der Waals surface area contributed by atoms with Crippen LogP contribution in [0.15, 0.2) is 52.3 Å². The first-order valence-corrected chi connectivity index (χ1v) is 9.36. The lowest BCUT2D eigenvalue weighted by Crippen LogP contribution is -2.43. The van der Waals surface area contributed by atoms with Gasteiger partial charge in [-0.05, 0) is 36.6 Å². The molecule has 2 heterocycles. The standard InChI is InChI=1S/C20H22N2OS/c1-4-14-12-17(21(3)13(2)23)15-8-7-11-19-20(15)22(14)16-9-5-6-10-18(16)24-19/h5-11,14,17H,4,12H2,1-3H3. The maximum Gasteiger partial charge on any atom is 0.219 e. The zero-order valence-electron chi connectivity index (χ0n) is 14.3. The van der Waals surface area contributed by atoms with Crippen molar-refractivity contribution in [3.8, 4) is 0 Å². The van der Waals surface area contributed by atoms with Crippen LogP contribution in [-0.4, -0.2) is 23.9 Å². The molecule has 0 aliphatic carbocycles. The molecule has 2 unspecified atom stereocenters. The summed E-state index contributed by atoms with van der Waals surface area (Å²) in [5, 5.41) is 0. The van der Waals surface area contributed by atoms with Gasteiger partial charge in [0.25, 0.3) is 0 Å². The summed E-state index contributed by atoms with van der Waals surface area (Å²) in [5.41, 5.74) is 3.88. The van der Waals surface area contributed by atoms with Crippen molar-refractivity contribution in [2.24, 2.45) is 0 Å². The molecule has 0 spiro atoms. The van der Waals surface area contributed by atoms with Gasteiger partial charge in [0.05, 0.1) is 17.4 Å². The molecular weight excluding hydrogens is 316 g/mol. The largest absolute Gasteiger partial charge is 0.339 e. The average molecular weight is 338 g/mol. The summed E-state index contributed by atoms with van der Waals surface area (Å²) in [4.78, 5) is 19.0. The molecule has 2 atom stereocenters. The van der Waals surface area contributed by atoms with Gasteiger partial charge in [-0.25, -0.2) is 0 Å². The Morgan fingerprint density at radius 3 is 2.71 bits per heavy atom. The van der Waals surface area contributed by atoms with Crippen molar-refractivity contribution in [3.05, 3.63) is 48.0 Å². The molecule has 3 nitrogen and oxygen atoms in total. The van der Waals surface area contributed by atoms with Gasteiger partial charge in [0.2, 0.25) is 5.91 Å². The highest BCUT2D eigenvalue weighted by Gasteiger charge is 2.39. The number of carbonyl (C=O) groups is 1. The average Bonchev–Trinajstić information content (AvgIpc) is 2.61. The van der Waals surface area contributed by atoms with Gasteiger partial charge in [0.15, 0.2) is 0 Å². The first-order valence-electron chi connectivity index (χ1n) is 8.54. The molecule has 0 saturated heterocycles.